The molecule has 5 nitrogen and oxygen atoms in total. The number of nitrogens with two attached hydrogens (primary N) is 1. The van der Waals surface area contributed by atoms with Crippen molar-refractivity contribution in [2.75, 3.05) is 12.8 Å². The zero-order chi connectivity index (χ0) is 12.7. The molecule has 2 aromatic heterocycles. The second-order valence-corrected chi connectivity index (χ2v) is 4.76. The van der Waals surface area contributed by atoms with Crippen molar-refractivity contribution < 1.29 is 9.53 Å². The van der Waals surface area contributed by atoms with Crippen molar-refractivity contribution in [2.24, 2.45) is 5.92 Å². The van der Waals surface area contributed by atoms with Gasteiger partial charge in [-0.05, 0) is 36.5 Å². The maximum absolute atomic E-state index is 11.4. The number of carbonyl (C=O) groups is 1. The lowest BCUT2D eigenvalue weighted by molar-refractivity contribution is -0.148. The van der Waals surface area contributed by atoms with Crippen LogP contribution in [0.25, 0.3) is 11.0 Å². The van der Waals surface area contributed by atoms with Crippen LogP contribution in [0.2, 0.25) is 0 Å². The molecule has 0 unspecified atom stereocenters. The molecule has 2 aromatic rings. The first-order valence-corrected chi connectivity index (χ1v) is 6.00. The first-order valence-electron chi connectivity index (χ1n) is 6.00. The van der Waals surface area contributed by atoms with Crippen molar-refractivity contribution in [3.63, 3.8) is 0 Å². The number of H-pyrrole nitrogens is 1. The number of aromatic nitrogens is 2. The summed E-state index contributed by atoms with van der Waals surface area (Å²) in [6, 6.07) is 3.78. The predicted octanol–water partition coefficient (Wildman–Crippen LogP) is 1.81. The van der Waals surface area contributed by atoms with Crippen LogP contribution in [0.4, 0.5) is 5.82 Å². The number of pyridine rings is 1. The molecule has 18 heavy (non-hydrogen) atoms. The number of methoxy groups -OCH3 is 1. The Labute approximate surface area is 104 Å². The average Bonchev–Trinajstić information content (AvgIpc) is 2.70. The maximum Gasteiger partial charge on any atom is 0.308 e. The second kappa shape index (κ2) is 4.01. The molecule has 0 bridgehead atoms. The van der Waals surface area contributed by atoms with E-state index in [1.165, 1.54) is 12.7 Å². The van der Waals surface area contributed by atoms with Gasteiger partial charge in [-0.15, -0.1) is 0 Å². The van der Waals surface area contributed by atoms with Gasteiger partial charge in [-0.3, -0.25) is 4.79 Å². The van der Waals surface area contributed by atoms with E-state index in [2.05, 4.69) is 9.97 Å². The van der Waals surface area contributed by atoms with Crippen LogP contribution < -0.4 is 5.73 Å². The first kappa shape index (κ1) is 11.1. The number of rotatable bonds is 2. The number of esters is 1. The molecule has 0 atom stereocenters. The quantitative estimate of drug-likeness (QED) is 0.791. The van der Waals surface area contributed by atoms with Crippen LogP contribution in [0, 0.1) is 5.92 Å². The SMILES string of the molecule is COC(=O)C1CC(c2c[nH]c3nc(N)ccc23)C1. The Balaban J connectivity index is 1.83. The zero-order valence-corrected chi connectivity index (χ0v) is 10.1. The van der Waals surface area contributed by atoms with E-state index in [-0.39, 0.29) is 11.9 Å². The van der Waals surface area contributed by atoms with Gasteiger partial charge in [0.15, 0.2) is 0 Å². The van der Waals surface area contributed by atoms with Crippen molar-refractivity contribution in [1.82, 2.24) is 9.97 Å². The number of carbonyl (C=O) groups excluding carboxylic acids is 1. The van der Waals surface area contributed by atoms with Gasteiger partial charge in [0.05, 0.1) is 13.0 Å². The van der Waals surface area contributed by atoms with Gasteiger partial charge in [0.2, 0.25) is 0 Å². The minimum Gasteiger partial charge on any atom is -0.469 e. The summed E-state index contributed by atoms with van der Waals surface area (Å²) in [6.45, 7) is 0. The van der Waals surface area contributed by atoms with Gasteiger partial charge in [-0.1, -0.05) is 0 Å². The number of fused-ring (bicyclic) bond motifs is 1. The normalized spacial score (nSPS) is 22.7. The Morgan fingerprint density at radius 2 is 2.28 bits per heavy atom. The number of nitrogen functional groups attached to an aromatic ring is 1. The van der Waals surface area contributed by atoms with E-state index in [0.29, 0.717) is 11.7 Å². The lowest BCUT2D eigenvalue weighted by Crippen LogP contribution is -2.29. The molecule has 1 saturated carbocycles. The summed E-state index contributed by atoms with van der Waals surface area (Å²) in [5, 5.41) is 1.09. The molecule has 0 aromatic carbocycles. The summed E-state index contributed by atoms with van der Waals surface area (Å²) in [4.78, 5) is 18.7. The molecule has 0 radical (unpaired) electrons. The van der Waals surface area contributed by atoms with Crippen LogP contribution in [0.5, 0.6) is 0 Å². The lowest BCUT2D eigenvalue weighted by atomic mass is 9.71. The van der Waals surface area contributed by atoms with E-state index < -0.39 is 0 Å². The van der Waals surface area contributed by atoms with Gasteiger partial charge in [0, 0.05) is 11.6 Å². The minimum absolute atomic E-state index is 0.0479. The highest BCUT2D eigenvalue weighted by Crippen LogP contribution is 2.44. The third-order valence-corrected chi connectivity index (χ3v) is 3.70. The monoisotopic (exact) mass is 245 g/mol. The van der Waals surface area contributed by atoms with Gasteiger partial charge in [0.1, 0.15) is 11.5 Å². The van der Waals surface area contributed by atoms with Gasteiger partial charge >= 0.3 is 5.97 Å². The molecule has 0 spiro atoms. The van der Waals surface area contributed by atoms with Crippen LogP contribution in [0.15, 0.2) is 18.3 Å². The zero-order valence-electron chi connectivity index (χ0n) is 10.1. The topological polar surface area (TPSA) is 81.0 Å². The molecule has 1 aliphatic rings. The van der Waals surface area contributed by atoms with E-state index >= 15 is 0 Å². The van der Waals surface area contributed by atoms with Crippen LogP contribution >= 0.6 is 0 Å². The summed E-state index contributed by atoms with van der Waals surface area (Å²) in [5.74, 6) is 0.866. The molecule has 1 fully saturated rings. The van der Waals surface area contributed by atoms with Gasteiger partial charge < -0.3 is 15.5 Å². The number of nitrogens with one attached hydrogen (secondary N) is 1. The summed E-state index contributed by atoms with van der Waals surface area (Å²) in [5.41, 5.74) is 7.67. The first-order chi connectivity index (χ1) is 8.69. The molecule has 1 aliphatic carbocycles. The van der Waals surface area contributed by atoms with Crippen LogP contribution in [-0.2, 0) is 9.53 Å². The van der Waals surface area contributed by atoms with Crippen molar-refractivity contribution in [3.05, 3.63) is 23.9 Å². The fourth-order valence-electron chi connectivity index (χ4n) is 2.61. The molecule has 0 saturated heterocycles. The third-order valence-electron chi connectivity index (χ3n) is 3.70. The number of nitrogens with zero attached hydrogens (tertiary/aromatic N) is 1. The molecule has 0 amide bonds. The number of ether oxygens (including phenoxy) is 1. The fourth-order valence-corrected chi connectivity index (χ4v) is 2.61. The number of anilines is 1. The predicted molar refractivity (Wildman–Crippen MR) is 68.0 cm³/mol. The Bertz CT molecular complexity index is 599. The van der Waals surface area contributed by atoms with Crippen LogP contribution in [-0.4, -0.2) is 23.0 Å². The van der Waals surface area contributed by atoms with E-state index in [9.17, 15) is 4.79 Å². The summed E-state index contributed by atoms with van der Waals surface area (Å²) in [7, 11) is 1.44. The van der Waals surface area contributed by atoms with E-state index in [1.54, 1.807) is 6.07 Å². The van der Waals surface area contributed by atoms with E-state index in [0.717, 1.165) is 23.9 Å². The average molecular weight is 245 g/mol. The molecular weight excluding hydrogens is 230 g/mol. The van der Waals surface area contributed by atoms with Gasteiger partial charge in [-0.2, -0.15) is 0 Å². The Kier molecular flexibility index (Phi) is 2.47. The van der Waals surface area contributed by atoms with Crippen molar-refractivity contribution in [3.8, 4) is 0 Å². The number of aromatic amines is 1. The number of hydrogen-bond acceptors (Lipinski definition) is 4. The standard InChI is InChI=1S/C13H15N3O2/c1-18-13(17)8-4-7(5-8)10-6-15-12-9(10)2-3-11(14)16-12/h2-3,6-8H,4-5H2,1H3,(H3,14,15,16). The molecule has 2 heterocycles. The summed E-state index contributed by atoms with van der Waals surface area (Å²) in [6.07, 6.45) is 3.67. The third kappa shape index (κ3) is 1.63. The molecule has 3 N–H and O–H groups in total. The number of hydrogen-bond donors (Lipinski definition) is 2. The van der Waals surface area contributed by atoms with E-state index in [4.69, 9.17) is 10.5 Å². The minimum atomic E-state index is -0.103. The van der Waals surface area contributed by atoms with Crippen LogP contribution in [0.1, 0.15) is 24.3 Å². The highest BCUT2D eigenvalue weighted by molar-refractivity contribution is 5.82. The highest BCUT2D eigenvalue weighted by Gasteiger charge is 2.37. The summed E-state index contributed by atoms with van der Waals surface area (Å²) >= 11 is 0. The maximum atomic E-state index is 11.4. The lowest BCUT2D eigenvalue weighted by Gasteiger charge is -2.33. The molecule has 94 valence electrons. The molecule has 0 aliphatic heterocycles. The van der Waals surface area contributed by atoms with Crippen molar-refractivity contribution in [2.45, 2.75) is 18.8 Å². The largest absolute Gasteiger partial charge is 0.469 e. The Morgan fingerprint density at radius 3 is 3.00 bits per heavy atom. The fraction of sp³-hybridized carbons (Fsp3) is 0.385. The smallest absolute Gasteiger partial charge is 0.308 e. The van der Waals surface area contributed by atoms with Gasteiger partial charge in [-0.25, -0.2) is 4.98 Å². The Morgan fingerprint density at radius 1 is 1.50 bits per heavy atom. The molecular formula is C13H15N3O2. The molecule has 5 heteroatoms. The van der Waals surface area contributed by atoms with E-state index in [1.807, 2.05) is 12.3 Å². The highest BCUT2D eigenvalue weighted by atomic mass is 16.5. The van der Waals surface area contributed by atoms with Crippen molar-refractivity contribution in [1.29, 1.82) is 0 Å². The van der Waals surface area contributed by atoms with Gasteiger partial charge in [0.25, 0.3) is 0 Å². The van der Waals surface area contributed by atoms with Crippen LogP contribution in [0.3, 0.4) is 0 Å². The second-order valence-electron chi connectivity index (χ2n) is 4.76. The van der Waals surface area contributed by atoms with Crippen molar-refractivity contribution >= 4 is 22.8 Å². The summed E-state index contributed by atoms with van der Waals surface area (Å²) < 4.78 is 4.75. The Hall–Kier alpha value is -2.04. The molecule has 3 rings (SSSR count).